The zero-order valence-electron chi connectivity index (χ0n) is 8.85. The molecule has 4 nitrogen and oxygen atoms in total. The van der Waals surface area contributed by atoms with Crippen molar-refractivity contribution < 1.29 is 9.59 Å². The summed E-state index contributed by atoms with van der Waals surface area (Å²) >= 11 is 0. The SMILES string of the molecule is CCCCCC[C@@]1(C)NC(=O)NC1=O. The molecule has 0 aromatic heterocycles. The number of amides is 3. The Kier molecular flexibility index (Phi) is 3.49. The molecule has 4 heteroatoms. The highest BCUT2D eigenvalue weighted by atomic mass is 16.2. The largest absolute Gasteiger partial charge is 0.324 e. The summed E-state index contributed by atoms with van der Waals surface area (Å²) in [5, 5.41) is 4.92. The van der Waals surface area contributed by atoms with E-state index in [1.165, 1.54) is 12.8 Å². The maximum absolute atomic E-state index is 11.4. The summed E-state index contributed by atoms with van der Waals surface area (Å²) < 4.78 is 0. The summed E-state index contributed by atoms with van der Waals surface area (Å²) in [6.45, 7) is 3.92. The third-order valence-corrected chi connectivity index (χ3v) is 2.65. The first-order chi connectivity index (χ1) is 6.58. The fourth-order valence-corrected chi connectivity index (χ4v) is 1.66. The molecule has 1 fully saturated rings. The number of hydrogen-bond donors (Lipinski definition) is 2. The topological polar surface area (TPSA) is 58.2 Å². The maximum atomic E-state index is 11.4. The Morgan fingerprint density at radius 1 is 1.21 bits per heavy atom. The number of urea groups is 1. The molecule has 0 saturated carbocycles. The van der Waals surface area contributed by atoms with E-state index in [0.717, 1.165) is 19.3 Å². The van der Waals surface area contributed by atoms with E-state index < -0.39 is 5.54 Å². The monoisotopic (exact) mass is 198 g/mol. The molecule has 0 radical (unpaired) electrons. The van der Waals surface area contributed by atoms with E-state index in [9.17, 15) is 9.59 Å². The second-order valence-electron chi connectivity index (χ2n) is 4.05. The van der Waals surface area contributed by atoms with Crippen LogP contribution in [0.25, 0.3) is 0 Å². The van der Waals surface area contributed by atoms with E-state index >= 15 is 0 Å². The van der Waals surface area contributed by atoms with Crippen molar-refractivity contribution >= 4 is 11.9 Å². The van der Waals surface area contributed by atoms with Crippen LogP contribution in [0.15, 0.2) is 0 Å². The van der Waals surface area contributed by atoms with E-state index in [1.54, 1.807) is 6.92 Å². The minimum Gasteiger partial charge on any atom is -0.324 e. The number of unbranched alkanes of at least 4 members (excludes halogenated alkanes) is 3. The van der Waals surface area contributed by atoms with Gasteiger partial charge in [-0.25, -0.2) is 4.79 Å². The molecule has 3 amide bonds. The molecule has 1 rings (SSSR count). The molecule has 14 heavy (non-hydrogen) atoms. The van der Waals surface area contributed by atoms with Gasteiger partial charge in [0.25, 0.3) is 5.91 Å². The average molecular weight is 198 g/mol. The Morgan fingerprint density at radius 2 is 1.93 bits per heavy atom. The van der Waals surface area contributed by atoms with Gasteiger partial charge in [-0.2, -0.15) is 0 Å². The molecular formula is C10H18N2O2. The molecule has 80 valence electrons. The lowest BCUT2D eigenvalue weighted by molar-refractivity contribution is -0.123. The summed E-state index contributed by atoms with van der Waals surface area (Å²) in [5.74, 6) is -0.195. The Hall–Kier alpha value is -1.06. The van der Waals surface area contributed by atoms with Crippen LogP contribution in [0, 0.1) is 0 Å². The van der Waals surface area contributed by atoms with Crippen molar-refractivity contribution in [3.05, 3.63) is 0 Å². The predicted molar refractivity (Wildman–Crippen MR) is 53.8 cm³/mol. The first-order valence-corrected chi connectivity index (χ1v) is 5.22. The lowest BCUT2D eigenvalue weighted by atomic mass is 9.94. The average Bonchev–Trinajstić information content (AvgIpc) is 2.36. The van der Waals surface area contributed by atoms with E-state index in [4.69, 9.17) is 0 Å². The van der Waals surface area contributed by atoms with Crippen LogP contribution < -0.4 is 10.6 Å². The maximum Gasteiger partial charge on any atom is 0.322 e. The number of carbonyl (C=O) groups excluding carboxylic acids is 2. The predicted octanol–water partition coefficient (Wildman–Crippen LogP) is 1.55. The highest BCUT2D eigenvalue weighted by molar-refractivity contribution is 6.06. The van der Waals surface area contributed by atoms with Gasteiger partial charge in [0.2, 0.25) is 0 Å². The van der Waals surface area contributed by atoms with Crippen molar-refractivity contribution in [3.8, 4) is 0 Å². The van der Waals surface area contributed by atoms with Crippen LogP contribution in [0.3, 0.4) is 0 Å². The van der Waals surface area contributed by atoms with Gasteiger partial charge in [0, 0.05) is 0 Å². The molecule has 0 bridgehead atoms. The quantitative estimate of drug-likeness (QED) is 0.520. The zero-order chi connectivity index (χ0) is 10.6. The summed E-state index contributed by atoms with van der Waals surface area (Å²) in [6, 6.07) is -0.368. The molecule has 1 atom stereocenters. The number of rotatable bonds is 5. The minimum absolute atomic E-state index is 0.195. The molecule has 0 aromatic rings. The highest BCUT2D eigenvalue weighted by Crippen LogP contribution is 2.18. The van der Waals surface area contributed by atoms with Crippen LogP contribution in [-0.4, -0.2) is 17.5 Å². The van der Waals surface area contributed by atoms with Crippen LogP contribution in [0.1, 0.15) is 46.0 Å². The second kappa shape index (κ2) is 4.44. The molecular weight excluding hydrogens is 180 g/mol. The Balaban J connectivity index is 2.35. The van der Waals surface area contributed by atoms with Crippen LogP contribution in [0.5, 0.6) is 0 Å². The highest BCUT2D eigenvalue weighted by Gasteiger charge is 2.40. The normalized spacial score (nSPS) is 26.1. The smallest absolute Gasteiger partial charge is 0.322 e. The molecule has 1 heterocycles. The number of nitrogens with one attached hydrogen (secondary N) is 2. The number of hydrogen-bond acceptors (Lipinski definition) is 2. The van der Waals surface area contributed by atoms with Crippen LogP contribution in [0.2, 0.25) is 0 Å². The second-order valence-corrected chi connectivity index (χ2v) is 4.05. The van der Waals surface area contributed by atoms with E-state index in [1.807, 2.05) is 0 Å². The third kappa shape index (κ3) is 2.47. The first kappa shape index (κ1) is 11.0. The zero-order valence-corrected chi connectivity index (χ0v) is 8.85. The van der Waals surface area contributed by atoms with Gasteiger partial charge >= 0.3 is 6.03 Å². The van der Waals surface area contributed by atoms with E-state index in [-0.39, 0.29) is 11.9 Å². The van der Waals surface area contributed by atoms with Gasteiger partial charge in [0.05, 0.1) is 0 Å². The van der Waals surface area contributed by atoms with Crippen molar-refractivity contribution in [2.24, 2.45) is 0 Å². The van der Waals surface area contributed by atoms with Gasteiger partial charge in [-0.15, -0.1) is 0 Å². The standard InChI is InChI=1S/C10H18N2O2/c1-3-4-5-6-7-10(2)8(13)11-9(14)12-10/h3-7H2,1-2H3,(H2,11,12,13,14)/t10-/m1/s1. The lowest BCUT2D eigenvalue weighted by Gasteiger charge is -2.19. The molecule has 0 unspecified atom stereocenters. The summed E-state index contributed by atoms with van der Waals surface area (Å²) in [7, 11) is 0. The Labute approximate surface area is 84.4 Å². The van der Waals surface area contributed by atoms with E-state index in [2.05, 4.69) is 17.6 Å². The fraction of sp³-hybridized carbons (Fsp3) is 0.800. The summed E-state index contributed by atoms with van der Waals surface area (Å²) in [4.78, 5) is 22.3. The van der Waals surface area contributed by atoms with Crippen LogP contribution in [0.4, 0.5) is 4.79 Å². The lowest BCUT2D eigenvalue weighted by Crippen LogP contribution is -2.43. The summed E-state index contributed by atoms with van der Waals surface area (Å²) in [6.07, 6.45) is 5.19. The van der Waals surface area contributed by atoms with Crippen LogP contribution in [-0.2, 0) is 4.79 Å². The molecule has 0 aliphatic carbocycles. The Morgan fingerprint density at radius 3 is 2.43 bits per heavy atom. The molecule has 1 aliphatic rings. The third-order valence-electron chi connectivity index (χ3n) is 2.65. The number of imide groups is 1. The van der Waals surface area contributed by atoms with Gasteiger partial charge in [-0.05, 0) is 13.3 Å². The fourth-order valence-electron chi connectivity index (χ4n) is 1.66. The van der Waals surface area contributed by atoms with E-state index in [0.29, 0.717) is 0 Å². The van der Waals surface area contributed by atoms with Crippen molar-refractivity contribution in [2.45, 2.75) is 51.5 Å². The van der Waals surface area contributed by atoms with Gasteiger partial charge in [-0.1, -0.05) is 32.6 Å². The Bertz CT molecular complexity index is 240. The number of carbonyl (C=O) groups is 2. The van der Waals surface area contributed by atoms with Gasteiger partial charge in [-0.3, -0.25) is 10.1 Å². The molecule has 2 N–H and O–H groups in total. The van der Waals surface area contributed by atoms with Gasteiger partial charge in [0.1, 0.15) is 5.54 Å². The van der Waals surface area contributed by atoms with Crippen molar-refractivity contribution in [1.29, 1.82) is 0 Å². The minimum atomic E-state index is -0.676. The van der Waals surface area contributed by atoms with Gasteiger partial charge < -0.3 is 5.32 Å². The molecule has 1 saturated heterocycles. The molecule has 0 spiro atoms. The van der Waals surface area contributed by atoms with Crippen molar-refractivity contribution in [2.75, 3.05) is 0 Å². The summed E-state index contributed by atoms with van der Waals surface area (Å²) in [5.41, 5.74) is -0.676. The van der Waals surface area contributed by atoms with Gasteiger partial charge in [0.15, 0.2) is 0 Å². The first-order valence-electron chi connectivity index (χ1n) is 5.22. The van der Waals surface area contributed by atoms with Crippen molar-refractivity contribution in [1.82, 2.24) is 10.6 Å². The van der Waals surface area contributed by atoms with Crippen molar-refractivity contribution in [3.63, 3.8) is 0 Å². The van der Waals surface area contributed by atoms with Crippen LogP contribution >= 0.6 is 0 Å². The molecule has 1 aliphatic heterocycles. The molecule has 0 aromatic carbocycles.